The van der Waals surface area contributed by atoms with Gasteiger partial charge in [-0.05, 0) is 54.0 Å². The van der Waals surface area contributed by atoms with Crippen LogP contribution in [0.4, 0.5) is 0 Å². The van der Waals surface area contributed by atoms with Crippen molar-refractivity contribution in [2.75, 3.05) is 13.3 Å². The van der Waals surface area contributed by atoms with E-state index in [1.807, 2.05) is 42.6 Å². The van der Waals surface area contributed by atoms with Crippen molar-refractivity contribution in [3.63, 3.8) is 0 Å². The molecule has 1 aliphatic rings. The summed E-state index contributed by atoms with van der Waals surface area (Å²) in [4.78, 5) is 15.2. The maximum Gasteiger partial charge on any atom is 0.244 e. The third kappa shape index (κ3) is 3.53. The van der Waals surface area contributed by atoms with Gasteiger partial charge in [-0.3, -0.25) is 4.79 Å². The summed E-state index contributed by atoms with van der Waals surface area (Å²) < 4.78 is 10.6. The summed E-state index contributed by atoms with van der Waals surface area (Å²) in [5.41, 5.74) is 3.05. The first-order valence-electron chi connectivity index (χ1n) is 8.30. The number of halogens is 1. The molecule has 6 heteroatoms. The van der Waals surface area contributed by atoms with Gasteiger partial charge in [0.25, 0.3) is 0 Å². The van der Waals surface area contributed by atoms with E-state index in [4.69, 9.17) is 21.1 Å². The highest BCUT2D eigenvalue weighted by atomic mass is 35.5. The number of fused-ring (bicyclic) bond motifs is 2. The van der Waals surface area contributed by atoms with Crippen molar-refractivity contribution < 1.29 is 14.3 Å². The first-order valence-corrected chi connectivity index (χ1v) is 8.68. The predicted molar refractivity (Wildman–Crippen MR) is 102 cm³/mol. The van der Waals surface area contributed by atoms with Gasteiger partial charge in [0.2, 0.25) is 12.7 Å². The topological polar surface area (TPSA) is 63.4 Å². The number of carbonyl (C=O) groups is 1. The average molecular weight is 369 g/mol. The Morgan fingerprint density at radius 3 is 3.00 bits per heavy atom. The normalized spacial score (nSPS) is 12.8. The Bertz CT molecular complexity index is 994. The quantitative estimate of drug-likeness (QED) is 0.671. The van der Waals surface area contributed by atoms with E-state index >= 15 is 0 Å². The zero-order chi connectivity index (χ0) is 17.9. The van der Waals surface area contributed by atoms with Gasteiger partial charge >= 0.3 is 0 Å². The highest BCUT2D eigenvalue weighted by Crippen LogP contribution is 2.32. The first-order chi connectivity index (χ1) is 12.7. The van der Waals surface area contributed by atoms with Gasteiger partial charge in [0.1, 0.15) is 0 Å². The van der Waals surface area contributed by atoms with Crippen molar-refractivity contribution in [2.24, 2.45) is 0 Å². The van der Waals surface area contributed by atoms with E-state index in [1.165, 1.54) is 6.08 Å². The van der Waals surface area contributed by atoms with Crippen molar-refractivity contribution >= 4 is 34.5 Å². The Morgan fingerprint density at radius 1 is 1.19 bits per heavy atom. The molecule has 5 nitrogen and oxygen atoms in total. The molecule has 0 unspecified atom stereocenters. The van der Waals surface area contributed by atoms with Gasteiger partial charge in [-0.15, -0.1) is 0 Å². The third-order valence-corrected chi connectivity index (χ3v) is 4.48. The van der Waals surface area contributed by atoms with Crippen LogP contribution in [0.1, 0.15) is 11.1 Å². The van der Waals surface area contributed by atoms with Crippen molar-refractivity contribution in [1.82, 2.24) is 10.3 Å². The van der Waals surface area contributed by atoms with Gasteiger partial charge < -0.3 is 19.8 Å². The van der Waals surface area contributed by atoms with E-state index < -0.39 is 0 Å². The fourth-order valence-corrected chi connectivity index (χ4v) is 3.10. The summed E-state index contributed by atoms with van der Waals surface area (Å²) in [7, 11) is 0. The number of carbonyl (C=O) groups excluding carboxylic acids is 1. The summed E-state index contributed by atoms with van der Waals surface area (Å²) in [5, 5.41) is 4.68. The zero-order valence-electron chi connectivity index (χ0n) is 13.9. The summed E-state index contributed by atoms with van der Waals surface area (Å²) in [6.07, 6.45) is 5.95. The number of hydrogen-bond donors (Lipinski definition) is 2. The molecule has 1 amide bonds. The zero-order valence-corrected chi connectivity index (χ0v) is 14.7. The molecular formula is C20H17ClN2O3. The number of benzene rings is 2. The van der Waals surface area contributed by atoms with Crippen LogP contribution in [0.3, 0.4) is 0 Å². The van der Waals surface area contributed by atoms with Crippen LogP contribution in [0.25, 0.3) is 17.0 Å². The maximum absolute atomic E-state index is 12.0. The Kier molecular flexibility index (Phi) is 4.54. The minimum Gasteiger partial charge on any atom is -0.454 e. The van der Waals surface area contributed by atoms with Crippen molar-refractivity contribution in [2.45, 2.75) is 6.42 Å². The molecule has 0 bridgehead atoms. The van der Waals surface area contributed by atoms with Crippen LogP contribution in [-0.4, -0.2) is 24.2 Å². The average Bonchev–Trinajstić information content (AvgIpc) is 3.26. The molecule has 2 heterocycles. The van der Waals surface area contributed by atoms with E-state index in [2.05, 4.69) is 10.3 Å². The largest absolute Gasteiger partial charge is 0.454 e. The van der Waals surface area contributed by atoms with Gasteiger partial charge in [-0.2, -0.15) is 0 Å². The SMILES string of the molecule is O=C(C=Cc1ccc2c(c1)OCO2)NCCc1c[nH]c2ccc(Cl)cc12. The lowest BCUT2D eigenvalue weighted by Gasteiger charge is -2.02. The van der Waals surface area contributed by atoms with E-state index in [-0.39, 0.29) is 12.7 Å². The molecule has 132 valence electrons. The van der Waals surface area contributed by atoms with Crippen LogP contribution in [0.2, 0.25) is 5.02 Å². The first kappa shape index (κ1) is 16.5. The highest BCUT2D eigenvalue weighted by Gasteiger charge is 2.12. The van der Waals surface area contributed by atoms with E-state index in [1.54, 1.807) is 6.08 Å². The fourth-order valence-electron chi connectivity index (χ4n) is 2.93. The third-order valence-electron chi connectivity index (χ3n) is 4.25. The second-order valence-electron chi connectivity index (χ2n) is 5.99. The molecule has 2 N–H and O–H groups in total. The molecule has 0 spiro atoms. The number of amides is 1. The van der Waals surface area contributed by atoms with Gasteiger partial charge in [0, 0.05) is 34.7 Å². The Labute approximate surface area is 155 Å². The van der Waals surface area contributed by atoms with Gasteiger partial charge in [-0.25, -0.2) is 0 Å². The minimum atomic E-state index is -0.138. The minimum absolute atomic E-state index is 0.138. The number of aromatic nitrogens is 1. The lowest BCUT2D eigenvalue weighted by molar-refractivity contribution is -0.116. The van der Waals surface area contributed by atoms with Crippen molar-refractivity contribution in [3.05, 3.63) is 64.8 Å². The molecule has 0 saturated carbocycles. The number of H-pyrrole nitrogens is 1. The summed E-state index contributed by atoms with van der Waals surface area (Å²) in [5.74, 6) is 1.29. The molecule has 2 aromatic carbocycles. The fraction of sp³-hybridized carbons (Fsp3) is 0.150. The number of hydrogen-bond acceptors (Lipinski definition) is 3. The summed E-state index contributed by atoms with van der Waals surface area (Å²) in [6.45, 7) is 0.784. The summed E-state index contributed by atoms with van der Waals surface area (Å²) in [6, 6.07) is 11.3. The Hall–Kier alpha value is -2.92. The number of nitrogens with one attached hydrogen (secondary N) is 2. The lowest BCUT2D eigenvalue weighted by Crippen LogP contribution is -2.23. The monoisotopic (exact) mass is 368 g/mol. The van der Waals surface area contributed by atoms with E-state index in [9.17, 15) is 4.79 Å². The number of ether oxygens (including phenoxy) is 2. The van der Waals surface area contributed by atoms with Crippen molar-refractivity contribution in [3.8, 4) is 11.5 Å². The van der Waals surface area contributed by atoms with Gasteiger partial charge in [-0.1, -0.05) is 17.7 Å². The van der Waals surface area contributed by atoms with Crippen LogP contribution in [0.15, 0.2) is 48.7 Å². The molecule has 0 radical (unpaired) electrons. The standard InChI is InChI=1S/C20H17ClN2O3/c21-15-3-4-17-16(10-15)14(11-23-17)7-8-22-20(24)6-2-13-1-5-18-19(9-13)26-12-25-18/h1-6,9-11,23H,7-8,12H2,(H,22,24). The van der Waals surface area contributed by atoms with Crippen LogP contribution in [-0.2, 0) is 11.2 Å². The molecule has 0 saturated heterocycles. The van der Waals surface area contributed by atoms with Crippen LogP contribution >= 0.6 is 11.6 Å². The molecular weight excluding hydrogens is 352 g/mol. The smallest absolute Gasteiger partial charge is 0.244 e. The van der Waals surface area contributed by atoms with Gasteiger partial charge in [0.15, 0.2) is 11.5 Å². The van der Waals surface area contributed by atoms with E-state index in [0.29, 0.717) is 17.3 Å². The second kappa shape index (κ2) is 7.14. The Balaban J connectivity index is 1.33. The highest BCUT2D eigenvalue weighted by molar-refractivity contribution is 6.31. The van der Waals surface area contributed by atoms with Crippen LogP contribution in [0, 0.1) is 0 Å². The van der Waals surface area contributed by atoms with Crippen LogP contribution in [0.5, 0.6) is 11.5 Å². The molecule has 1 aliphatic heterocycles. The van der Waals surface area contributed by atoms with Crippen LogP contribution < -0.4 is 14.8 Å². The predicted octanol–water partition coefficient (Wildman–Crippen LogP) is 3.92. The molecule has 0 fully saturated rings. The molecule has 0 atom stereocenters. The summed E-state index contributed by atoms with van der Waals surface area (Å²) >= 11 is 6.06. The maximum atomic E-state index is 12.0. The van der Waals surface area contributed by atoms with Gasteiger partial charge in [0.05, 0.1) is 0 Å². The molecule has 1 aromatic heterocycles. The molecule has 0 aliphatic carbocycles. The molecule has 26 heavy (non-hydrogen) atoms. The second-order valence-corrected chi connectivity index (χ2v) is 6.43. The van der Waals surface area contributed by atoms with Crippen molar-refractivity contribution in [1.29, 1.82) is 0 Å². The lowest BCUT2D eigenvalue weighted by atomic mass is 10.1. The van der Waals surface area contributed by atoms with E-state index in [0.717, 1.165) is 34.2 Å². The molecule has 3 aromatic rings. The molecule has 4 rings (SSSR count). The number of rotatable bonds is 5. The Morgan fingerprint density at radius 2 is 2.08 bits per heavy atom. The number of aromatic amines is 1.